The predicted molar refractivity (Wildman–Crippen MR) is 163 cm³/mol. The number of hydrazine groups is 1. The minimum absolute atomic E-state index is 0.143. The Morgan fingerprint density at radius 2 is 1.51 bits per heavy atom. The van der Waals surface area contributed by atoms with E-state index < -0.39 is 58.4 Å². The number of nitrogens with zero attached hydrogens (tertiary/aromatic N) is 3. The molecule has 0 unspecified atom stereocenters. The Labute approximate surface area is 259 Å². The summed E-state index contributed by atoms with van der Waals surface area (Å²) >= 11 is 0. The third-order valence-corrected chi connectivity index (χ3v) is 7.46. The normalized spacial score (nSPS) is 20.2. The van der Waals surface area contributed by atoms with Crippen LogP contribution in [-0.2, 0) is 14.3 Å². The molecule has 0 aromatic heterocycles. The number of ketones is 1. The van der Waals surface area contributed by atoms with Crippen molar-refractivity contribution in [1.82, 2.24) is 20.7 Å². The van der Waals surface area contributed by atoms with E-state index in [4.69, 9.17) is 4.74 Å². The van der Waals surface area contributed by atoms with Crippen LogP contribution < -0.4 is 10.6 Å². The molecule has 0 aliphatic carbocycles. The molecule has 0 spiro atoms. The van der Waals surface area contributed by atoms with Gasteiger partial charge in [-0.25, -0.2) is 9.80 Å². The zero-order chi connectivity index (χ0) is 32.5. The van der Waals surface area contributed by atoms with Gasteiger partial charge in [-0.05, 0) is 51.0 Å². The fourth-order valence-electron chi connectivity index (χ4n) is 5.50. The van der Waals surface area contributed by atoms with Crippen LogP contribution in [0.15, 0.2) is 96.7 Å². The third-order valence-electron chi connectivity index (χ3n) is 7.46. The Morgan fingerprint density at radius 3 is 2.09 bits per heavy atom. The van der Waals surface area contributed by atoms with Gasteiger partial charge in [0.05, 0.1) is 23.0 Å². The second-order valence-corrected chi connectivity index (χ2v) is 11.8. The maximum Gasteiger partial charge on any atom is 0.408 e. The van der Waals surface area contributed by atoms with Crippen molar-refractivity contribution in [3.8, 4) is 0 Å². The predicted octanol–water partition coefficient (Wildman–Crippen LogP) is 4.61. The molecule has 3 aromatic carbocycles. The highest BCUT2D eigenvalue weighted by Crippen LogP contribution is 2.48. The van der Waals surface area contributed by atoms with Crippen LogP contribution in [-0.4, -0.2) is 56.3 Å². The summed E-state index contributed by atoms with van der Waals surface area (Å²) in [7, 11) is 0. The Morgan fingerprint density at radius 1 is 0.911 bits per heavy atom. The average Bonchev–Trinajstić information content (AvgIpc) is 3.51. The Kier molecular flexibility index (Phi) is 8.51. The number of nitro benzene ring substituents is 1. The van der Waals surface area contributed by atoms with Gasteiger partial charge in [-0.2, -0.15) is 5.01 Å². The molecule has 0 bridgehead atoms. The van der Waals surface area contributed by atoms with Crippen LogP contribution >= 0.6 is 0 Å². The topological polar surface area (TPSA) is 151 Å². The van der Waals surface area contributed by atoms with Crippen molar-refractivity contribution in [3.05, 3.63) is 124 Å². The van der Waals surface area contributed by atoms with E-state index in [1.54, 1.807) is 56.1 Å². The summed E-state index contributed by atoms with van der Waals surface area (Å²) in [5.41, 5.74) is 0.810. The monoisotopic (exact) mass is 611 g/mol. The van der Waals surface area contributed by atoms with Gasteiger partial charge in [0.15, 0.2) is 5.78 Å². The molecule has 3 amide bonds. The minimum Gasteiger partial charge on any atom is -0.444 e. The van der Waals surface area contributed by atoms with Gasteiger partial charge < -0.3 is 15.4 Å². The molecule has 2 aliphatic rings. The number of amides is 3. The first-order chi connectivity index (χ1) is 21.4. The number of nitro groups is 1. The van der Waals surface area contributed by atoms with Crippen molar-refractivity contribution in [2.75, 3.05) is 0 Å². The van der Waals surface area contributed by atoms with Crippen molar-refractivity contribution in [1.29, 1.82) is 0 Å². The molecule has 12 heteroatoms. The number of hydrogen-bond acceptors (Lipinski definition) is 8. The SMILES string of the molecule is C[C@H](NC(=O)OC(C)(C)C)C(=O)C1=CN2C(=O)[C@H](NC(=O)c3ccccc3)[C@@H](c3ccccc3)N2[C@H]1c1ccc([N+](=O)[O-])cc1. The molecule has 2 N–H and O–H groups in total. The molecule has 4 atom stereocenters. The molecule has 3 aromatic rings. The van der Waals surface area contributed by atoms with Crippen molar-refractivity contribution >= 4 is 29.4 Å². The van der Waals surface area contributed by atoms with Crippen LogP contribution in [0.25, 0.3) is 0 Å². The maximum atomic E-state index is 14.1. The van der Waals surface area contributed by atoms with E-state index in [1.165, 1.54) is 42.4 Å². The number of Topliss-reactive ketones (excluding diaryl/α,β-unsaturated/α-hetero) is 1. The van der Waals surface area contributed by atoms with E-state index >= 15 is 0 Å². The first-order valence-electron chi connectivity index (χ1n) is 14.4. The molecule has 0 radical (unpaired) electrons. The molecular weight excluding hydrogens is 578 g/mol. The number of non-ortho nitro benzene ring substituents is 1. The van der Waals surface area contributed by atoms with E-state index in [1.807, 2.05) is 30.3 Å². The summed E-state index contributed by atoms with van der Waals surface area (Å²) in [6, 6.07) is 19.6. The number of nitrogens with one attached hydrogen (secondary N) is 2. The number of rotatable bonds is 8. The lowest BCUT2D eigenvalue weighted by atomic mass is 9.90. The lowest BCUT2D eigenvalue weighted by Gasteiger charge is -2.33. The standard InChI is InChI=1S/C33H33N5O7/c1-20(34-32(42)45-33(2,3)4)29(39)25-19-36-31(41)26(35-30(40)23-13-9-6-10-14-23)28(21-11-7-5-8-12-21)37(36)27(25)22-15-17-24(18-16-22)38(43)44/h5-20,26-28H,1-4H3,(H,34,42)(H,35,40)/t20-,26+,27-,28+/m0/s1. The van der Waals surface area contributed by atoms with Crippen molar-refractivity contribution in [2.24, 2.45) is 0 Å². The quantitative estimate of drug-likeness (QED) is 0.277. The zero-order valence-corrected chi connectivity index (χ0v) is 25.2. The van der Waals surface area contributed by atoms with E-state index in [9.17, 15) is 29.3 Å². The minimum atomic E-state index is -1.04. The van der Waals surface area contributed by atoms with Gasteiger partial charge in [0, 0.05) is 29.5 Å². The van der Waals surface area contributed by atoms with Crippen LogP contribution in [0, 0.1) is 10.1 Å². The Balaban J connectivity index is 1.57. The van der Waals surface area contributed by atoms with Gasteiger partial charge in [0.25, 0.3) is 17.5 Å². The lowest BCUT2D eigenvalue weighted by Crippen LogP contribution is -2.45. The number of carbonyl (C=O) groups excluding carboxylic acids is 4. The van der Waals surface area contributed by atoms with Gasteiger partial charge in [0.2, 0.25) is 0 Å². The van der Waals surface area contributed by atoms with E-state index in [2.05, 4.69) is 10.6 Å². The van der Waals surface area contributed by atoms with Gasteiger partial charge >= 0.3 is 6.09 Å². The van der Waals surface area contributed by atoms with Crippen LogP contribution in [0.3, 0.4) is 0 Å². The summed E-state index contributed by atoms with van der Waals surface area (Å²) in [6.45, 7) is 6.62. The summed E-state index contributed by atoms with van der Waals surface area (Å²) < 4.78 is 5.32. The molecule has 12 nitrogen and oxygen atoms in total. The molecule has 1 fully saturated rings. The van der Waals surface area contributed by atoms with E-state index in [0.29, 0.717) is 16.7 Å². The second-order valence-electron chi connectivity index (χ2n) is 11.8. The molecule has 2 aliphatic heterocycles. The Hall–Kier alpha value is -5.36. The van der Waals surface area contributed by atoms with Crippen LogP contribution in [0.1, 0.15) is 61.3 Å². The van der Waals surface area contributed by atoms with Gasteiger partial charge in [-0.1, -0.05) is 60.7 Å². The summed E-state index contributed by atoms with van der Waals surface area (Å²) in [5, 5.41) is 19.9. The highest BCUT2D eigenvalue weighted by Gasteiger charge is 2.55. The largest absolute Gasteiger partial charge is 0.444 e. The number of benzene rings is 3. The highest BCUT2D eigenvalue weighted by atomic mass is 16.6. The Bertz CT molecular complexity index is 1650. The van der Waals surface area contributed by atoms with Crippen molar-refractivity contribution in [3.63, 3.8) is 0 Å². The molecule has 45 heavy (non-hydrogen) atoms. The average molecular weight is 612 g/mol. The molecule has 232 valence electrons. The summed E-state index contributed by atoms with van der Waals surface area (Å²) in [5.74, 6) is -1.40. The summed E-state index contributed by atoms with van der Waals surface area (Å²) in [4.78, 5) is 64.7. The van der Waals surface area contributed by atoms with E-state index in [-0.39, 0.29) is 11.3 Å². The number of alkyl carbamates (subject to hydrolysis) is 1. The zero-order valence-electron chi connectivity index (χ0n) is 25.2. The first kappa shape index (κ1) is 31.1. The van der Waals surface area contributed by atoms with E-state index in [0.717, 1.165) is 0 Å². The summed E-state index contributed by atoms with van der Waals surface area (Å²) in [6.07, 6.45) is 0.630. The highest BCUT2D eigenvalue weighted by molar-refractivity contribution is 6.04. The van der Waals surface area contributed by atoms with Crippen LogP contribution in [0.2, 0.25) is 0 Å². The van der Waals surface area contributed by atoms with Gasteiger partial charge in [-0.3, -0.25) is 24.5 Å². The van der Waals surface area contributed by atoms with Gasteiger partial charge in [0.1, 0.15) is 11.6 Å². The van der Waals surface area contributed by atoms with Crippen molar-refractivity contribution < 1.29 is 28.8 Å². The number of fused-ring (bicyclic) bond motifs is 1. The van der Waals surface area contributed by atoms with Crippen LogP contribution in [0.4, 0.5) is 10.5 Å². The first-order valence-corrected chi connectivity index (χ1v) is 14.4. The van der Waals surface area contributed by atoms with Gasteiger partial charge in [-0.15, -0.1) is 0 Å². The third kappa shape index (κ3) is 6.46. The number of hydrogen-bond donors (Lipinski definition) is 2. The molecule has 5 rings (SSSR count). The molecular formula is C33H33N5O7. The van der Waals surface area contributed by atoms with Crippen LogP contribution in [0.5, 0.6) is 0 Å². The maximum absolute atomic E-state index is 14.1. The molecule has 1 saturated heterocycles. The molecule has 2 heterocycles. The molecule has 0 saturated carbocycles. The van der Waals surface area contributed by atoms with Crippen molar-refractivity contribution in [2.45, 2.75) is 57.5 Å². The fraction of sp³-hybridized carbons (Fsp3) is 0.273. The lowest BCUT2D eigenvalue weighted by molar-refractivity contribution is -0.384. The smallest absolute Gasteiger partial charge is 0.408 e. The number of carbonyl (C=O) groups is 4. The fourth-order valence-corrected chi connectivity index (χ4v) is 5.50. The number of ether oxygens (including phenoxy) is 1. The second kappa shape index (κ2) is 12.3.